The molecule has 3 rings (SSSR count). The molecule has 1 heterocycles. The van der Waals surface area contributed by atoms with E-state index in [4.69, 9.17) is 4.98 Å². The Balaban J connectivity index is 1.87. The molecule has 1 unspecified atom stereocenters. The van der Waals surface area contributed by atoms with Gasteiger partial charge in [-0.25, -0.2) is 4.98 Å². The number of imidazole rings is 1. The molecule has 0 saturated carbocycles. The molecule has 0 fully saturated rings. The first-order valence-electron chi connectivity index (χ1n) is 7.47. The van der Waals surface area contributed by atoms with Crippen LogP contribution < -0.4 is 0 Å². The zero-order valence-electron chi connectivity index (χ0n) is 12.2. The molecule has 0 aliphatic heterocycles. The fourth-order valence-corrected chi connectivity index (χ4v) is 3.17. The number of nitrogens with zero attached hydrogens (tertiary/aromatic N) is 2. The van der Waals surface area contributed by atoms with Crippen LogP contribution in [0.2, 0.25) is 0 Å². The maximum atomic E-state index is 4.86. The lowest BCUT2D eigenvalue weighted by Gasteiger charge is -2.17. The average Bonchev–Trinajstić information content (AvgIpc) is 2.77. The van der Waals surface area contributed by atoms with Crippen LogP contribution in [0.25, 0.3) is 6.08 Å². The van der Waals surface area contributed by atoms with E-state index >= 15 is 0 Å². The Hall–Kier alpha value is -1.83. The van der Waals surface area contributed by atoms with Gasteiger partial charge in [0, 0.05) is 18.7 Å². The van der Waals surface area contributed by atoms with Crippen molar-refractivity contribution in [3.8, 4) is 0 Å². The van der Waals surface area contributed by atoms with Crippen LogP contribution in [0.5, 0.6) is 0 Å². The normalized spacial score (nSPS) is 20.6. The van der Waals surface area contributed by atoms with Gasteiger partial charge in [-0.05, 0) is 38.2 Å². The third-order valence-electron chi connectivity index (χ3n) is 4.11. The minimum atomic E-state index is 0.580. The molecule has 20 heavy (non-hydrogen) atoms. The van der Waals surface area contributed by atoms with E-state index in [1.54, 1.807) is 0 Å². The molecule has 2 aliphatic rings. The summed E-state index contributed by atoms with van der Waals surface area (Å²) in [6, 6.07) is 0. The molecule has 0 aromatic carbocycles. The molecule has 1 atom stereocenters. The molecular weight excluding hydrogens is 244 g/mol. The number of rotatable bonds is 4. The summed E-state index contributed by atoms with van der Waals surface area (Å²) in [5.74, 6) is 1.79. The SMILES string of the molecule is C=CCn1c(CC2C=CC=C(C)C2)nc2c1CCC=C2. The topological polar surface area (TPSA) is 17.8 Å². The van der Waals surface area contributed by atoms with Gasteiger partial charge in [-0.2, -0.15) is 0 Å². The van der Waals surface area contributed by atoms with Crippen molar-refractivity contribution in [1.29, 1.82) is 0 Å². The first kappa shape index (κ1) is 13.2. The Bertz CT molecular complexity index is 599. The minimum absolute atomic E-state index is 0.580. The molecule has 1 aromatic rings. The van der Waals surface area contributed by atoms with Crippen molar-refractivity contribution in [2.24, 2.45) is 5.92 Å². The van der Waals surface area contributed by atoms with E-state index in [1.807, 2.05) is 6.08 Å². The molecule has 0 spiro atoms. The second kappa shape index (κ2) is 5.66. The van der Waals surface area contributed by atoms with Crippen LogP contribution in [-0.4, -0.2) is 9.55 Å². The van der Waals surface area contributed by atoms with Gasteiger partial charge in [0.05, 0.1) is 5.69 Å². The van der Waals surface area contributed by atoms with Crippen LogP contribution in [0.4, 0.5) is 0 Å². The van der Waals surface area contributed by atoms with Crippen LogP contribution in [0.15, 0.2) is 42.5 Å². The minimum Gasteiger partial charge on any atom is -0.328 e. The molecular formula is C18H22N2. The summed E-state index contributed by atoms with van der Waals surface area (Å²) in [5.41, 5.74) is 4.01. The second-order valence-corrected chi connectivity index (χ2v) is 5.77. The summed E-state index contributed by atoms with van der Waals surface area (Å²) in [7, 11) is 0. The van der Waals surface area contributed by atoms with Crippen molar-refractivity contribution < 1.29 is 0 Å². The monoisotopic (exact) mass is 266 g/mol. The first-order chi connectivity index (χ1) is 9.78. The molecule has 2 heteroatoms. The Morgan fingerprint density at radius 1 is 1.50 bits per heavy atom. The first-order valence-corrected chi connectivity index (χ1v) is 7.47. The molecule has 2 aliphatic carbocycles. The molecule has 104 valence electrons. The van der Waals surface area contributed by atoms with E-state index in [9.17, 15) is 0 Å². The van der Waals surface area contributed by atoms with Gasteiger partial charge in [-0.15, -0.1) is 6.58 Å². The van der Waals surface area contributed by atoms with Gasteiger partial charge in [0.2, 0.25) is 0 Å². The Morgan fingerprint density at radius 3 is 3.20 bits per heavy atom. The van der Waals surface area contributed by atoms with E-state index in [-0.39, 0.29) is 0 Å². The molecule has 1 aromatic heterocycles. The number of fused-ring (bicyclic) bond motifs is 1. The Labute approximate surface area is 121 Å². The van der Waals surface area contributed by atoms with Crippen LogP contribution >= 0.6 is 0 Å². The van der Waals surface area contributed by atoms with Crippen LogP contribution in [0.1, 0.15) is 37.0 Å². The standard InChI is InChI=1S/C18H22N2/c1-3-11-20-17-10-5-4-9-16(17)19-18(20)13-15-8-6-7-14(2)12-15/h3-4,6-9,15H,1,5,10-13H2,2H3. The highest BCUT2D eigenvalue weighted by Crippen LogP contribution is 2.26. The van der Waals surface area contributed by atoms with E-state index in [1.165, 1.54) is 22.8 Å². The van der Waals surface area contributed by atoms with Crippen molar-refractivity contribution in [2.45, 2.75) is 39.2 Å². The third-order valence-corrected chi connectivity index (χ3v) is 4.11. The molecule has 0 bridgehead atoms. The predicted molar refractivity (Wildman–Crippen MR) is 84.5 cm³/mol. The molecule has 0 N–H and O–H groups in total. The zero-order chi connectivity index (χ0) is 13.9. The number of hydrogen-bond acceptors (Lipinski definition) is 1. The number of aromatic nitrogens is 2. The lowest BCUT2D eigenvalue weighted by atomic mass is 9.92. The highest BCUT2D eigenvalue weighted by Gasteiger charge is 2.19. The van der Waals surface area contributed by atoms with Crippen molar-refractivity contribution in [1.82, 2.24) is 9.55 Å². The average molecular weight is 266 g/mol. The maximum absolute atomic E-state index is 4.86. The van der Waals surface area contributed by atoms with E-state index in [0.29, 0.717) is 5.92 Å². The largest absolute Gasteiger partial charge is 0.328 e. The van der Waals surface area contributed by atoms with Crippen LogP contribution in [0.3, 0.4) is 0 Å². The predicted octanol–water partition coefficient (Wildman–Crippen LogP) is 4.09. The second-order valence-electron chi connectivity index (χ2n) is 5.77. The summed E-state index contributed by atoms with van der Waals surface area (Å²) in [4.78, 5) is 4.86. The summed E-state index contributed by atoms with van der Waals surface area (Å²) in [6.07, 6.45) is 17.5. The van der Waals surface area contributed by atoms with Gasteiger partial charge in [-0.3, -0.25) is 0 Å². The summed E-state index contributed by atoms with van der Waals surface area (Å²) in [6.45, 7) is 6.98. The summed E-state index contributed by atoms with van der Waals surface area (Å²) >= 11 is 0. The molecule has 2 nitrogen and oxygen atoms in total. The van der Waals surface area contributed by atoms with Crippen molar-refractivity contribution >= 4 is 6.08 Å². The maximum Gasteiger partial charge on any atom is 0.110 e. The highest BCUT2D eigenvalue weighted by molar-refractivity contribution is 5.51. The van der Waals surface area contributed by atoms with E-state index in [2.05, 4.69) is 48.4 Å². The van der Waals surface area contributed by atoms with E-state index in [0.717, 1.165) is 32.2 Å². The highest BCUT2D eigenvalue weighted by atomic mass is 15.1. The van der Waals surface area contributed by atoms with Gasteiger partial charge in [0.25, 0.3) is 0 Å². The van der Waals surface area contributed by atoms with Crippen LogP contribution in [-0.2, 0) is 19.4 Å². The lowest BCUT2D eigenvalue weighted by Crippen LogP contribution is -2.12. The fraction of sp³-hybridized carbons (Fsp3) is 0.389. The summed E-state index contributed by atoms with van der Waals surface area (Å²) in [5, 5.41) is 0. The van der Waals surface area contributed by atoms with Gasteiger partial charge < -0.3 is 4.57 Å². The van der Waals surface area contributed by atoms with Crippen molar-refractivity contribution in [2.75, 3.05) is 0 Å². The van der Waals surface area contributed by atoms with E-state index < -0.39 is 0 Å². The van der Waals surface area contributed by atoms with Gasteiger partial charge in [0.1, 0.15) is 5.82 Å². The third kappa shape index (κ3) is 2.55. The number of allylic oxidation sites excluding steroid dienone is 6. The molecule has 0 saturated heterocycles. The van der Waals surface area contributed by atoms with Gasteiger partial charge in [0.15, 0.2) is 0 Å². The smallest absolute Gasteiger partial charge is 0.110 e. The van der Waals surface area contributed by atoms with Crippen molar-refractivity contribution in [3.63, 3.8) is 0 Å². The quantitative estimate of drug-likeness (QED) is 0.750. The number of hydrogen-bond donors (Lipinski definition) is 0. The molecule has 0 radical (unpaired) electrons. The van der Waals surface area contributed by atoms with Gasteiger partial charge in [-0.1, -0.05) is 36.0 Å². The fourth-order valence-electron chi connectivity index (χ4n) is 3.17. The Morgan fingerprint density at radius 2 is 2.40 bits per heavy atom. The lowest BCUT2D eigenvalue weighted by molar-refractivity contribution is 0.579. The van der Waals surface area contributed by atoms with Crippen molar-refractivity contribution in [3.05, 3.63) is 59.7 Å². The zero-order valence-corrected chi connectivity index (χ0v) is 12.2. The van der Waals surface area contributed by atoms with Gasteiger partial charge >= 0.3 is 0 Å². The Kier molecular flexibility index (Phi) is 3.72. The molecule has 0 amide bonds. The van der Waals surface area contributed by atoms with Crippen LogP contribution in [0, 0.1) is 5.92 Å². The summed E-state index contributed by atoms with van der Waals surface area (Å²) < 4.78 is 2.37.